The molecule has 2 saturated heterocycles. The largest absolute Gasteiger partial charge is 0.455 e. The number of piperidine rings is 1. The first kappa shape index (κ1) is 50.5. The van der Waals surface area contributed by atoms with Crippen molar-refractivity contribution in [3.05, 3.63) is 147 Å². The summed E-state index contributed by atoms with van der Waals surface area (Å²) in [4.78, 5) is 40.5. The molecule has 4 N–H and O–H groups in total. The number of amides is 1. The van der Waals surface area contributed by atoms with Crippen molar-refractivity contribution in [2.24, 2.45) is 11.3 Å². The zero-order valence-electron chi connectivity index (χ0n) is 41.7. The lowest BCUT2D eigenvalue weighted by atomic mass is 9.59. The molecule has 1 amide bonds. The van der Waals surface area contributed by atoms with Gasteiger partial charge in [-0.25, -0.2) is 18.1 Å². The van der Waals surface area contributed by atoms with Gasteiger partial charge in [0.2, 0.25) is 0 Å². The highest BCUT2D eigenvalue weighted by molar-refractivity contribution is 7.90. The fourth-order valence-corrected chi connectivity index (χ4v) is 12.9. The number of aliphatic hydroxyl groups is 1. The van der Waals surface area contributed by atoms with E-state index in [4.69, 9.17) is 16.3 Å². The van der Waals surface area contributed by atoms with Crippen molar-refractivity contribution in [2.75, 3.05) is 49.5 Å². The highest BCUT2D eigenvalue weighted by atomic mass is 35.5. The van der Waals surface area contributed by atoms with Gasteiger partial charge in [-0.05, 0) is 141 Å². The Bertz CT molecular complexity index is 3080. The standard InChI is InChI=1S/C56H65ClN8O7S/c1-37(2)46-6-4-5-7-47(46)51-36-62(35-39-8-10-41(57)11-9-39)26-27-64(51)43-31-56(32-43)21-24-63(25-22-56)42-12-14-48(52(29-42)72-44-28-40-18-23-58-53(40)60-34-44)54(66)61-73(70,71)45-13-15-49(50(30-45)65(68)69)59-33-38-16-19-55(3,67)20-17-38/h4-15,18,23,28-30,34,37-38,43,51,59,67H,16-17,19-22,24-27,31-33,35-36H2,1-3H3,(H,58,60)(H,61,66)/t38?,51-,55?/m1/s1. The first-order valence-electron chi connectivity index (χ1n) is 25.6. The smallest absolute Gasteiger partial charge is 0.293 e. The number of nitro benzene ring substituents is 1. The highest BCUT2D eigenvalue weighted by Crippen LogP contribution is 2.53. The molecule has 2 aliphatic carbocycles. The predicted molar refractivity (Wildman–Crippen MR) is 285 cm³/mol. The maximum absolute atomic E-state index is 14.1. The Morgan fingerprint density at radius 3 is 2.45 bits per heavy atom. The van der Waals surface area contributed by atoms with Crippen molar-refractivity contribution in [3.63, 3.8) is 0 Å². The number of anilines is 2. The molecule has 2 aliphatic heterocycles. The first-order valence-corrected chi connectivity index (χ1v) is 27.5. The molecule has 73 heavy (non-hydrogen) atoms. The van der Waals surface area contributed by atoms with Crippen LogP contribution in [0.2, 0.25) is 5.02 Å². The third kappa shape index (κ3) is 11.2. The van der Waals surface area contributed by atoms with E-state index in [1.165, 1.54) is 28.8 Å². The number of hydrogen-bond acceptors (Lipinski definition) is 12. The van der Waals surface area contributed by atoms with Crippen LogP contribution >= 0.6 is 11.6 Å². The Morgan fingerprint density at radius 1 is 0.959 bits per heavy atom. The number of benzene rings is 4. The number of carbonyl (C=O) groups is 1. The number of piperazine rings is 1. The summed E-state index contributed by atoms with van der Waals surface area (Å²) in [7, 11) is -4.59. The van der Waals surface area contributed by atoms with Crippen LogP contribution < -0.4 is 19.7 Å². The molecule has 4 heterocycles. The number of nitrogens with one attached hydrogen (secondary N) is 3. The van der Waals surface area contributed by atoms with Gasteiger partial charge in [-0.2, -0.15) is 0 Å². The number of halogens is 1. The molecule has 4 aromatic carbocycles. The van der Waals surface area contributed by atoms with Gasteiger partial charge in [-0.1, -0.05) is 61.8 Å². The minimum Gasteiger partial charge on any atom is -0.455 e. The molecule has 4 aliphatic rings. The molecular weight excluding hydrogens is 964 g/mol. The second-order valence-electron chi connectivity index (χ2n) is 21.5. The summed E-state index contributed by atoms with van der Waals surface area (Å²) in [5.74, 6) is 0.165. The van der Waals surface area contributed by atoms with E-state index in [9.17, 15) is 28.4 Å². The van der Waals surface area contributed by atoms with E-state index < -0.39 is 37.0 Å². The molecule has 0 bridgehead atoms. The monoisotopic (exact) mass is 1030 g/mol. The molecule has 0 unspecified atom stereocenters. The van der Waals surface area contributed by atoms with Crippen LogP contribution in [0.5, 0.6) is 11.5 Å². The SMILES string of the molecule is CC(C)c1ccccc1[C@H]1CN(Cc2ccc(Cl)cc2)CCN1C1CC2(CCN(c3ccc(C(=O)NS(=O)(=O)c4ccc(NCC5CCC(C)(O)CC5)c([N+](=O)[O-])c4)c(Oc4cnc5[nH]ccc5c4)c3)CC2)C1. The van der Waals surface area contributed by atoms with Gasteiger partial charge in [-0.3, -0.25) is 24.7 Å². The Morgan fingerprint density at radius 2 is 1.71 bits per heavy atom. The van der Waals surface area contributed by atoms with Crippen molar-refractivity contribution in [1.29, 1.82) is 0 Å². The van der Waals surface area contributed by atoms with Crippen LogP contribution in [0.4, 0.5) is 17.1 Å². The molecule has 10 rings (SSSR count). The molecule has 0 radical (unpaired) electrons. The number of H-pyrrole nitrogens is 1. The number of pyridine rings is 1. The number of nitrogens with zero attached hydrogens (tertiary/aromatic N) is 5. The number of sulfonamides is 1. The highest BCUT2D eigenvalue weighted by Gasteiger charge is 2.50. The lowest BCUT2D eigenvalue weighted by Gasteiger charge is -2.58. The second kappa shape index (κ2) is 20.7. The third-order valence-corrected chi connectivity index (χ3v) is 17.7. The van der Waals surface area contributed by atoms with Crippen LogP contribution in [0.3, 0.4) is 0 Å². The minimum atomic E-state index is -4.59. The second-order valence-corrected chi connectivity index (χ2v) is 23.6. The van der Waals surface area contributed by atoms with Gasteiger partial charge < -0.3 is 25.0 Å². The van der Waals surface area contributed by atoms with Gasteiger partial charge >= 0.3 is 0 Å². The molecule has 2 aromatic heterocycles. The van der Waals surface area contributed by atoms with E-state index in [1.54, 1.807) is 30.6 Å². The Balaban J connectivity index is 0.832. The maximum Gasteiger partial charge on any atom is 0.293 e. The molecule has 6 aromatic rings. The topological polar surface area (TPSA) is 186 Å². The molecule has 4 fully saturated rings. The van der Waals surface area contributed by atoms with E-state index in [0.717, 1.165) is 100.0 Å². The van der Waals surface area contributed by atoms with Crippen LogP contribution in [0.1, 0.15) is 111 Å². The average molecular weight is 1030 g/mol. The molecule has 2 saturated carbocycles. The van der Waals surface area contributed by atoms with Crippen LogP contribution in [0, 0.1) is 21.4 Å². The van der Waals surface area contributed by atoms with Crippen LogP contribution in [0.15, 0.2) is 114 Å². The quantitative estimate of drug-likeness (QED) is 0.0564. The van der Waals surface area contributed by atoms with Crippen molar-refractivity contribution in [2.45, 2.75) is 107 Å². The summed E-state index contributed by atoms with van der Waals surface area (Å²) in [5, 5.41) is 27.2. The van der Waals surface area contributed by atoms with Gasteiger partial charge in [-0.15, -0.1) is 0 Å². The van der Waals surface area contributed by atoms with Crippen molar-refractivity contribution in [1.82, 2.24) is 24.5 Å². The summed E-state index contributed by atoms with van der Waals surface area (Å²) in [6, 6.07) is 30.4. The van der Waals surface area contributed by atoms with Gasteiger partial charge in [0.05, 0.1) is 27.2 Å². The summed E-state index contributed by atoms with van der Waals surface area (Å²) in [6.07, 6.45) is 10.4. The molecule has 15 nitrogen and oxygen atoms in total. The van der Waals surface area contributed by atoms with E-state index >= 15 is 0 Å². The Hall–Kier alpha value is -6.04. The summed E-state index contributed by atoms with van der Waals surface area (Å²) in [6.45, 7) is 12.3. The number of aromatic nitrogens is 2. The van der Waals surface area contributed by atoms with Crippen LogP contribution in [-0.4, -0.2) is 95.0 Å². The first-order chi connectivity index (χ1) is 35.0. The fraction of sp³-hybridized carbons (Fsp3) is 0.429. The zero-order chi connectivity index (χ0) is 51.1. The maximum atomic E-state index is 14.1. The number of fused-ring (bicyclic) bond motifs is 1. The summed E-state index contributed by atoms with van der Waals surface area (Å²) < 4.78 is 36.2. The lowest BCUT2D eigenvalue weighted by Crippen LogP contribution is -2.60. The molecule has 1 atom stereocenters. The number of carbonyl (C=O) groups excluding carboxylic acids is 1. The van der Waals surface area contributed by atoms with Crippen LogP contribution in [-0.2, 0) is 16.6 Å². The zero-order valence-corrected chi connectivity index (χ0v) is 43.3. The fourth-order valence-electron chi connectivity index (χ4n) is 11.8. The van der Waals surface area contributed by atoms with E-state index in [2.05, 4.69) is 85.0 Å². The predicted octanol–water partition coefficient (Wildman–Crippen LogP) is 10.8. The van der Waals surface area contributed by atoms with Crippen molar-refractivity contribution in [3.8, 4) is 11.5 Å². The molecule has 17 heteroatoms. The Labute approximate surface area is 432 Å². The third-order valence-electron chi connectivity index (χ3n) is 16.1. The van der Waals surface area contributed by atoms with Gasteiger partial charge in [0.1, 0.15) is 22.8 Å². The van der Waals surface area contributed by atoms with Crippen molar-refractivity contribution < 1.29 is 28.0 Å². The summed E-state index contributed by atoms with van der Waals surface area (Å²) >= 11 is 6.23. The Kier molecular flexibility index (Phi) is 14.3. The van der Waals surface area contributed by atoms with Crippen LogP contribution in [0.25, 0.3) is 11.0 Å². The molecule has 384 valence electrons. The number of rotatable bonds is 15. The lowest BCUT2D eigenvalue weighted by molar-refractivity contribution is -0.384. The number of nitro groups is 1. The molecule has 1 spiro atoms. The minimum absolute atomic E-state index is 0.0297. The van der Waals surface area contributed by atoms with Gasteiger partial charge in [0, 0.05) is 92.3 Å². The summed E-state index contributed by atoms with van der Waals surface area (Å²) in [5.41, 5.74) is 4.85. The van der Waals surface area contributed by atoms with E-state index in [-0.39, 0.29) is 28.3 Å². The van der Waals surface area contributed by atoms with E-state index in [1.807, 2.05) is 31.2 Å². The van der Waals surface area contributed by atoms with E-state index in [0.29, 0.717) is 48.8 Å². The number of hydrogen-bond donors (Lipinski definition) is 4. The normalized spacial score (nSPS) is 21.8. The van der Waals surface area contributed by atoms with Crippen molar-refractivity contribution >= 4 is 55.6 Å². The van der Waals surface area contributed by atoms with Gasteiger partial charge in [0.15, 0.2) is 0 Å². The average Bonchev–Trinajstić information content (AvgIpc) is 3.84. The number of aromatic amines is 1. The molecular formula is C56H65ClN8O7S. The van der Waals surface area contributed by atoms with Gasteiger partial charge in [0.25, 0.3) is 21.6 Å². The number of ether oxygens (including phenoxy) is 1.